The summed E-state index contributed by atoms with van der Waals surface area (Å²) in [5.41, 5.74) is 2.74. The lowest BCUT2D eigenvalue weighted by Crippen LogP contribution is -2.45. The number of rotatable bonds is 6. The first-order valence-corrected chi connectivity index (χ1v) is 8.40. The summed E-state index contributed by atoms with van der Waals surface area (Å²) in [5, 5.41) is 4.78. The Hall–Kier alpha value is -1.32. The van der Waals surface area contributed by atoms with Gasteiger partial charge in [-0.2, -0.15) is 0 Å². The molecule has 1 atom stereocenters. The number of H-pyrrole nitrogens is 1. The van der Waals surface area contributed by atoms with Crippen LogP contribution >= 0.6 is 0 Å². The zero-order valence-electron chi connectivity index (χ0n) is 13.1. The van der Waals surface area contributed by atoms with Gasteiger partial charge in [0, 0.05) is 43.9 Å². The van der Waals surface area contributed by atoms with Crippen LogP contribution < -0.4 is 5.32 Å². The maximum atomic E-state index is 3.47. The molecule has 1 fully saturated rings. The number of unbranched alkanes of at least 4 members (excludes halogenated alkanes) is 2. The van der Waals surface area contributed by atoms with Crippen molar-refractivity contribution in [1.29, 1.82) is 0 Å². The van der Waals surface area contributed by atoms with Gasteiger partial charge in [-0.1, -0.05) is 38.3 Å². The van der Waals surface area contributed by atoms with Gasteiger partial charge in [0.25, 0.3) is 0 Å². The highest BCUT2D eigenvalue weighted by Gasteiger charge is 2.21. The number of hydrogen-bond acceptors (Lipinski definition) is 2. The van der Waals surface area contributed by atoms with Crippen LogP contribution in [0.3, 0.4) is 0 Å². The van der Waals surface area contributed by atoms with E-state index in [9.17, 15) is 0 Å². The molecule has 3 rings (SSSR count). The van der Waals surface area contributed by atoms with Gasteiger partial charge in [0.1, 0.15) is 0 Å². The molecule has 2 aromatic rings. The first-order chi connectivity index (χ1) is 10.4. The van der Waals surface area contributed by atoms with Crippen LogP contribution in [0.25, 0.3) is 10.9 Å². The fraction of sp³-hybridized carbons (Fsp3) is 0.556. The number of fused-ring (bicyclic) bond motifs is 1. The molecule has 3 nitrogen and oxygen atoms in total. The second kappa shape index (κ2) is 7.10. The van der Waals surface area contributed by atoms with Gasteiger partial charge < -0.3 is 10.3 Å². The van der Waals surface area contributed by atoms with Gasteiger partial charge in [0.15, 0.2) is 0 Å². The molecule has 114 valence electrons. The van der Waals surface area contributed by atoms with E-state index in [1.807, 2.05) is 6.20 Å². The SMILES string of the molecule is CCCCC[C@H](c1ccc2cc[nH]c2c1)N1CCNCC1. The lowest BCUT2D eigenvalue weighted by atomic mass is 9.97. The topological polar surface area (TPSA) is 31.1 Å². The van der Waals surface area contributed by atoms with Gasteiger partial charge in [-0.3, -0.25) is 4.90 Å². The molecule has 1 saturated heterocycles. The molecule has 0 unspecified atom stereocenters. The molecule has 0 saturated carbocycles. The molecular weight excluding hydrogens is 258 g/mol. The number of piperazine rings is 1. The minimum Gasteiger partial charge on any atom is -0.361 e. The maximum Gasteiger partial charge on any atom is 0.0457 e. The van der Waals surface area contributed by atoms with Crippen LogP contribution in [0, 0.1) is 0 Å². The van der Waals surface area contributed by atoms with Crippen molar-refractivity contribution in [2.24, 2.45) is 0 Å². The predicted octanol–water partition coefficient (Wildman–Crippen LogP) is 3.69. The summed E-state index contributed by atoms with van der Waals surface area (Å²) in [6.07, 6.45) is 7.27. The van der Waals surface area contributed by atoms with Crippen LogP contribution in [0.5, 0.6) is 0 Å². The van der Waals surface area contributed by atoms with E-state index in [0.717, 1.165) is 13.1 Å². The molecule has 0 spiro atoms. The molecule has 2 heterocycles. The summed E-state index contributed by atoms with van der Waals surface area (Å²) in [6.45, 7) is 6.86. The third-order valence-corrected chi connectivity index (χ3v) is 4.64. The minimum absolute atomic E-state index is 0.575. The van der Waals surface area contributed by atoms with Crippen LogP contribution in [-0.2, 0) is 0 Å². The van der Waals surface area contributed by atoms with Crippen molar-refractivity contribution in [2.75, 3.05) is 26.2 Å². The van der Waals surface area contributed by atoms with Gasteiger partial charge in [0.05, 0.1) is 0 Å². The molecular formula is C18H27N3. The van der Waals surface area contributed by atoms with Crippen molar-refractivity contribution in [1.82, 2.24) is 15.2 Å². The predicted molar refractivity (Wildman–Crippen MR) is 89.6 cm³/mol. The zero-order valence-corrected chi connectivity index (χ0v) is 13.1. The lowest BCUT2D eigenvalue weighted by molar-refractivity contribution is 0.163. The molecule has 0 amide bonds. The molecule has 0 radical (unpaired) electrons. The number of aromatic nitrogens is 1. The lowest BCUT2D eigenvalue weighted by Gasteiger charge is -2.35. The molecule has 3 heteroatoms. The third-order valence-electron chi connectivity index (χ3n) is 4.64. The van der Waals surface area contributed by atoms with Crippen molar-refractivity contribution in [3.8, 4) is 0 Å². The van der Waals surface area contributed by atoms with Gasteiger partial charge in [0.2, 0.25) is 0 Å². The summed E-state index contributed by atoms with van der Waals surface area (Å²) >= 11 is 0. The van der Waals surface area contributed by atoms with Crippen molar-refractivity contribution >= 4 is 10.9 Å². The molecule has 1 aromatic carbocycles. The normalized spacial score (nSPS) is 18.1. The quantitative estimate of drug-likeness (QED) is 0.793. The zero-order chi connectivity index (χ0) is 14.5. The molecule has 1 aromatic heterocycles. The number of hydrogen-bond donors (Lipinski definition) is 2. The first-order valence-electron chi connectivity index (χ1n) is 8.40. The monoisotopic (exact) mass is 285 g/mol. The number of benzene rings is 1. The number of nitrogens with zero attached hydrogens (tertiary/aromatic N) is 1. The average Bonchev–Trinajstić information content (AvgIpc) is 3.00. The smallest absolute Gasteiger partial charge is 0.0457 e. The van der Waals surface area contributed by atoms with E-state index in [4.69, 9.17) is 0 Å². The van der Waals surface area contributed by atoms with E-state index >= 15 is 0 Å². The maximum absolute atomic E-state index is 3.47. The molecule has 1 aliphatic rings. The molecule has 0 aliphatic carbocycles. The average molecular weight is 285 g/mol. The summed E-state index contributed by atoms with van der Waals surface area (Å²) < 4.78 is 0. The Kier molecular flexibility index (Phi) is 4.94. The Bertz CT molecular complexity index is 554. The van der Waals surface area contributed by atoms with E-state index in [1.54, 1.807) is 0 Å². The van der Waals surface area contributed by atoms with Crippen LogP contribution in [0.4, 0.5) is 0 Å². The number of nitrogens with one attached hydrogen (secondary N) is 2. The first kappa shape index (κ1) is 14.6. The standard InChI is InChI=1S/C18H27N3/c1-2-3-4-5-18(21-12-10-19-11-13-21)16-7-6-15-8-9-20-17(15)14-16/h6-9,14,18-20H,2-5,10-13H2,1H3/t18-/m1/s1. The van der Waals surface area contributed by atoms with Gasteiger partial charge in [-0.05, 0) is 29.5 Å². The van der Waals surface area contributed by atoms with Crippen LogP contribution in [0.2, 0.25) is 0 Å². The van der Waals surface area contributed by atoms with Crippen LogP contribution in [-0.4, -0.2) is 36.1 Å². The van der Waals surface area contributed by atoms with Crippen molar-refractivity contribution < 1.29 is 0 Å². The van der Waals surface area contributed by atoms with E-state index < -0.39 is 0 Å². The van der Waals surface area contributed by atoms with Crippen molar-refractivity contribution in [2.45, 2.75) is 38.6 Å². The second-order valence-corrected chi connectivity index (χ2v) is 6.12. The Morgan fingerprint density at radius 1 is 1.14 bits per heavy atom. The highest BCUT2D eigenvalue weighted by atomic mass is 15.2. The Labute approximate surface area is 127 Å². The molecule has 1 aliphatic heterocycles. The summed E-state index contributed by atoms with van der Waals surface area (Å²) in [5.74, 6) is 0. The summed E-state index contributed by atoms with van der Waals surface area (Å²) in [6, 6.07) is 9.67. The summed E-state index contributed by atoms with van der Waals surface area (Å²) in [4.78, 5) is 6.02. The van der Waals surface area contributed by atoms with Gasteiger partial charge in [-0.25, -0.2) is 0 Å². The fourth-order valence-corrected chi connectivity index (χ4v) is 3.41. The van der Waals surface area contributed by atoms with E-state index in [-0.39, 0.29) is 0 Å². The molecule has 21 heavy (non-hydrogen) atoms. The Balaban J connectivity index is 1.81. The minimum atomic E-state index is 0.575. The highest BCUT2D eigenvalue weighted by molar-refractivity contribution is 5.79. The molecule has 0 bridgehead atoms. The summed E-state index contributed by atoms with van der Waals surface area (Å²) in [7, 11) is 0. The number of aromatic amines is 1. The third kappa shape index (κ3) is 3.47. The van der Waals surface area contributed by atoms with E-state index in [1.165, 1.54) is 55.2 Å². The highest BCUT2D eigenvalue weighted by Crippen LogP contribution is 2.29. The Morgan fingerprint density at radius 3 is 2.81 bits per heavy atom. The van der Waals surface area contributed by atoms with E-state index in [0.29, 0.717) is 6.04 Å². The largest absolute Gasteiger partial charge is 0.361 e. The van der Waals surface area contributed by atoms with Gasteiger partial charge >= 0.3 is 0 Å². The van der Waals surface area contributed by atoms with Crippen LogP contribution in [0.15, 0.2) is 30.5 Å². The Morgan fingerprint density at radius 2 is 2.00 bits per heavy atom. The van der Waals surface area contributed by atoms with Crippen molar-refractivity contribution in [3.05, 3.63) is 36.0 Å². The second-order valence-electron chi connectivity index (χ2n) is 6.12. The fourth-order valence-electron chi connectivity index (χ4n) is 3.41. The molecule has 2 N–H and O–H groups in total. The van der Waals surface area contributed by atoms with E-state index in [2.05, 4.69) is 46.4 Å². The van der Waals surface area contributed by atoms with Crippen molar-refractivity contribution in [3.63, 3.8) is 0 Å². The van der Waals surface area contributed by atoms with Crippen LogP contribution in [0.1, 0.15) is 44.2 Å². The van der Waals surface area contributed by atoms with Gasteiger partial charge in [-0.15, -0.1) is 0 Å².